The molecule has 2 amide bonds. The second-order valence-electron chi connectivity index (χ2n) is 12.6. The van der Waals surface area contributed by atoms with Crippen LogP contribution in [0.4, 0.5) is 0 Å². The molecule has 7 nitrogen and oxygen atoms in total. The Kier molecular flexibility index (Phi) is 7.70. The van der Waals surface area contributed by atoms with Gasteiger partial charge in [-0.1, -0.05) is 56.1 Å². The fourth-order valence-corrected chi connectivity index (χ4v) is 7.27. The number of carboxylic acids is 1. The summed E-state index contributed by atoms with van der Waals surface area (Å²) in [5.41, 5.74) is 1.50. The van der Waals surface area contributed by atoms with Gasteiger partial charge in [0, 0.05) is 22.2 Å². The molecule has 3 fully saturated rings. The maximum Gasteiger partial charge on any atom is 0.305 e. The highest BCUT2D eigenvalue weighted by Gasteiger charge is 2.64. The van der Waals surface area contributed by atoms with Gasteiger partial charge in [0.25, 0.3) is 5.91 Å². The van der Waals surface area contributed by atoms with Crippen molar-refractivity contribution in [3.05, 3.63) is 69.2 Å². The summed E-state index contributed by atoms with van der Waals surface area (Å²) in [4.78, 5) is 39.8. The standard InChI is InChI=1S/C31H37Cl2N3O4/c1-29(2,3)21-8-11-31(12-9-21)35-26(20-16-23(32)18-24(33)17-20)28(40)36(31)30(13-14-30)22-6-4-19(5-7-22)27(39)34-15-10-25(37)38/h4-7,16-18,21,26,35H,8-15H2,1-3H3,(H,34,39)(H,37,38). The first-order valence-corrected chi connectivity index (χ1v) is 14.8. The Morgan fingerprint density at radius 1 is 1.02 bits per heavy atom. The minimum Gasteiger partial charge on any atom is -0.481 e. The van der Waals surface area contributed by atoms with E-state index in [-0.39, 0.29) is 30.2 Å². The van der Waals surface area contributed by atoms with Crippen LogP contribution in [0.25, 0.3) is 0 Å². The lowest BCUT2D eigenvalue weighted by Gasteiger charge is -2.49. The highest BCUT2D eigenvalue weighted by Crippen LogP contribution is 2.59. The van der Waals surface area contributed by atoms with E-state index in [1.165, 1.54) is 0 Å². The maximum atomic E-state index is 14.4. The first-order valence-electron chi connectivity index (χ1n) is 14.0. The number of nitrogens with zero attached hydrogens (tertiary/aromatic N) is 1. The van der Waals surface area contributed by atoms with E-state index in [0.717, 1.165) is 49.7 Å². The van der Waals surface area contributed by atoms with Crippen LogP contribution in [0.3, 0.4) is 0 Å². The molecule has 1 unspecified atom stereocenters. The molecule has 214 valence electrons. The number of halogens is 2. The van der Waals surface area contributed by atoms with Gasteiger partial charge in [0.15, 0.2) is 0 Å². The van der Waals surface area contributed by atoms with Gasteiger partial charge in [-0.05, 0) is 91.3 Å². The Labute approximate surface area is 245 Å². The Morgan fingerprint density at radius 3 is 2.15 bits per heavy atom. The number of rotatable bonds is 7. The summed E-state index contributed by atoms with van der Waals surface area (Å²) < 4.78 is 0. The third-order valence-electron chi connectivity index (χ3n) is 9.02. The summed E-state index contributed by atoms with van der Waals surface area (Å²) in [6, 6.07) is 12.2. The Balaban J connectivity index is 1.45. The number of hydrogen-bond acceptors (Lipinski definition) is 4. The Bertz CT molecular complexity index is 1290. The summed E-state index contributed by atoms with van der Waals surface area (Å²) in [5, 5.41) is 16.2. The van der Waals surface area contributed by atoms with E-state index >= 15 is 0 Å². The fourth-order valence-electron chi connectivity index (χ4n) is 6.73. The minimum absolute atomic E-state index is 0.0283. The van der Waals surface area contributed by atoms with Gasteiger partial charge in [0.05, 0.1) is 17.6 Å². The van der Waals surface area contributed by atoms with E-state index in [4.69, 9.17) is 28.3 Å². The quantitative estimate of drug-likeness (QED) is 0.354. The third-order valence-corrected chi connectivity index (χ3v) is 9.46. The smallest absolute Gasteiger partial charge is 0.305 e. The van der Waals surface area contributed by atoms with E-state index in [0.29, 0.717) is 21.5 Å². The number of aliphatic carboxylic acids is 1. The van der Waals surface area contributed by atoms with Crippen molar-refractivity contribution >= 4 is 41.0 Å². The minimum atomic E-state index is -0.959. The predicted octanol–water partition coefficient (Wildman–Crippen LogP) is 6.29. The van der Waals surface area contributed by atoms with Gasteiger partial charge in [-0.3, -0.25) is 19.7 Å². The van der Waals surface area contributed by atoms with Crippen molar-refractivity contribution in [2.24, 2.45) is 11.3 Å². The lowest BCUT2D eigenvalue weighted by molar-refractivity contribution is -0.139. The van der Waals surface area contributed by atoms with Crippen molar-refractivity contribution < 1.29 is 19.5 Å². The lowest BCUT2D eigenvalue weighted by Crippen LogP contribution is -2.58. The van der Waals surface area contributed by atoms with E-state index in [2.05, 4.69) is 36.3 Å². The number of carbonyl (C=O) groups excluding carboxylic acids is 2. The van der Waals surface area contributed by atoms with Crippen LogP contribution in [0, 0.1) is 11.3 Å². The second kappa shape index (κ2) is 10.7. The van der Waals surface area contributed by atoms with Gasteiger partial charge < -0.3 is 15.3 Å². The zero-order chi connectivity index (χ0) is 28.9. The molecule has 1 heterocycles. The van der Waals surface area contributed by atoms with Gasteiger partial charge in [-0.2, -0.15) is 0 Å². The first kappa shape index (κ1) is 28.9. The molecule has 5 rings (SSSR count). The summed E-state index contributed by atoms with van der Waals surface area (Å²) in [6.07, 6.45) is 5.32. The molecule has 0 aromatic heterocycles. The number of carbonyl (C=O) groups is 3. The molecular weight excluding hydrogens is 549 g/mol. The summed E-state index contributed by atoms with van der Waals surface area (Å²) in [5.74, 6) is -0.670. The van der Waals surface area contributed by atoms with E-state index in [1.54, 1.807) is 18.2 Å². The van der Waals surface area contributed by atoms with Crippen LogP contribution in [0.2, 0.25) is 10.0 Å². The molecule has 1 aliphatic heterocycles. The molecule has 9 heteroatoms. The van der Waals surface area contributed by atoms with Crippen LogP contribution >= 0.6 is 23.2 Å². The number of benzene rings is 2. The highest BCUT2D eigenvalue weighted by molar-refractivity contribution is 6.34. The molecule has 2 aliphatic carbocycles. The molecule has 3 aliphatic rings. The molecule has 0 bridgehead atoms. The molecule has 40 heavy (non-hydrogen) atoms. The van der Waals surface area contributed by atoms with Gasteiger partial charge in [0.2, 0.25) is 5.91 Å². The molecule has 1 atom stereocenters. The van der Waals surface area contributed by atoms with Crippen molar-refractivity contribution in [3.63, 3.8) is 0 Å². The normalized spacial score (nSPS) is 25.7. The number of carboxylic acid groups (broad SMARTS) is 1. The summed E-state index contributed by atoms with van der Waals surface area (Å²) in [7, 11) is 0. The number of amides is 2. The first-order chi connectivity index (χ1) is 18.8. The molecular formula is C31H37Cl2N3O4. The van der Waals surface area contributed by atoms with Crippen molar-refractivity contribution in [2.45, 2.75) is 83.0 Å². The molecule has 2 aromatic carbocycles. The number of nitrogens with one attached hydrogen (secondary N) is 2. The molecule has 0 radical (unpaired) electrons. The average Bonchev–Trinajstić information content (AvgIpc) is 3.62. The highest BCUT2D eigenvalue weighted by atomic mass is 35.5. The van der Waals surface area contributed by atoms with Crippen LogP contribution in [-0.2, 0) is 15.1 Å². The summed E-state index contributed by atoms with van der Waals surface area (Å²) >= 11 is 12.7. The van der Waals surface area contributed by atoms with E-state index in [1.807, 2.05) is 24.3 Å². The van der Waals surface area contributed by atoms with Crippen LogP contribution in [0.1, 0.15) is 93.2 Å². The van der Waals surface area contributed by atoms with Crippen LogP contribution in [0.15, 0.2) is 42.5 Å². The maximum absolute atomic E-state index is 14.4. The van der Waals surface area contributed by atoms with Crippen molar-refractivity contribution in [2.75, 3.05) is 6.54 Å². The molecule has 1 spiro atoms. The van der Waals surface area contributed by atoms with Crippen molar-refractivity contribution in [1.82, 2.24) is 15.5 Å². The predicted molar refractivity (Wildman–Crippen MR) is 155 cm³/mol. The SMILES string of the molecule is CC(C)(C)C1CCC2(CC1)NC(c1cc(Cl)cc(Cl)c1)C(=O)N2C1(c2ccc(C(=O)NCCC(=O)O)cc2)CC1. The molecule has 2 saturated carbocycles. The molecule has 1 saturated heterocycles. The number of hydrogen-bond donors (Lipinski definition) is 3. The van der Waals surface area contributed by atoms with Gasteiger partial charge in [-0.25, -0.2) is 0 Å². The topological polar surface area (TPSA) is 98.7 Å². The van der Waals surface area contributed by atoms with Crippen molar-refractivity contribution in [3.8, 4) is 0 Å². The zero-order valence-corrected chi connectivity index (χ0v) is 24.7. The average molecular weight is 587 g/mol. The fraction of sp³-hybridized carbons (Fsp3) is 0.516. The largest absolute Gasteiger partial charge is 0.481 e. The van der Waals surface area contributed by atoms with Crippen LogP contribution in [-0.4, -0.2) is 40.0 Å². The zero-order valence-electron chi connectivity index (χ0n) is 23.2. The molecule has 2 aromatic rings. The third kappa shape index (κ3) is 5.48. The van der Waals surface area contributed by atoms with Crippen molar-refractivity contribution in [1.29, 1.82) is 0 Å². The Morgan fingerprint density at radius 2 is 1.62 bits per heavy atom. The van der Waals surface area contributed by atoms with Crippen LogP contribution in [0.5, 0.6) is 0 Å². The summed E-state index contributed by atoms with van der Waals surface area (Å²) in [6.45, 7) is 6.94. The Hall–Kier alpha value is -2.61. The molecule has 3 N–H and O–H groups in total. The van der Waals surface area contributed by atoms with Crippen LogP contribution < -0.4 is 10.6 Å². The van der Waals surface area contributed by atoms with Gasteiger partial charge >= 0.3 is 5.97 Å². The van der Waals surface area contributed by atoms with Gasteiger partial charge in [-0.15, -0.1) is 0 Å². The van der Waals surface area contributed by atoms with E-state index < -0.39 is 23.2 Å². The second-order valence-corrected chi connectivity index (χ2v) is 13.5. The monoisotopic (exact) mass is 585 g/mol. The van der Waals surface area contributed by atoms with E-state index in [9.17, 15) is 14.4 Å². The van der Waals surface area contributed by atoms with Gasteiger partial charge in [0.1, 0.15) is 6.04 Å². The lowest BCUT2D eigenvalue weighted by atomic mass is 9.69.